The van der Waals surface area contributed by atoms with E-state index in [1.807, 2.05) is 35.7 Å². The maximum absolute atomic E-state index is 12.0. The minimum atomic E-state index is -0.0654. The fourth-order valence-corrected chi connectivity index (χ4v) is 3.30. The van der Waals surface area contributed by atoms with Gasteiger partial charge >= 0.3 is 0 Å². The number of hydrogen-bond donors (Lipinski definition) is 1. The SMILES string of the molecule is O=C(CCCC(=O)c1ccccc1)NCc1csc(-c2ccncc2)n1. The Morgan fingerprint density at radius 1 is 1.00 bits per heavy atom. The second kappa shape index (κ2) is 9.01. The van der Waals surface area contributed by atoms with Crippen molar-refractivity contribution in [2.24, 2.45) is 0 Å². The van der Waals surface area contributed by atoms with Crippen LogP contribution in [0.25, 0.3) is 10.6 Å². The molecule has 0 bridgehead atoms. The van der Waals surface area contributed by atoms with Crippen LogP contribution in [0.1, 0.15) is 35.3 Å². The number of thiazole rings is 1. The Labute approximate surface area is 156 Å². The highest BCUT2D eigenvalue weighted by Crippen LogP contribution is 2.22. The van der Waals surface area contributed by atoms with Gasteiger partial charge in [-0.1, -0.05) is 30.3 Å². The van der Waals surface area contributed by atoms with Gasteiger partial charge in [-0.3, -0.25) is 14.6 Å². The van der Waals surface area contributed by atoms with Crippen molar-refractivity contribution in [3.05, 3.63) is 71.5 Å². The molecule has 3 rings (SSSR count). The van der Waals surface area contributed by atoms with E-state index < -0.39 is 0 Å². The van der Waals surface area contributed by atoms with Crippen LogP contribution in [-0.4, -0.2) is 21.7 Å². The minimum absolute atomic E-state index is 0.0654. The van der Waals surface area contributed by atoms with E-state index in [1.165, 1.54) is 11.3 Å². The molecule has 0 unspecified atom stereocenters. The molecular formula is C20H19N3O2S. The Morgan fingerprint density at radius 3 is 2.54 bits per heavy atom. The summed E-state index contributed by atoms with van der Waals surface area (Å²) >= 11 is 1.54. The first kappa shape index (κ1) is 17.9. The van der Waals surface area contributed by atoms with Gasteiger partial charge in [-0.05, 0) is 18.6 Å². The number of carbonyl (C=O) groups excluding carboxylic acids is 2. The zero-order valence-corrected chi connectivity index (χ0v) is 15.0. The number of nitrogens with zero attached hydrogens (tertiary/aromatic N) is 2. The van der Waals surface area contributed by atoms with Crippen LogP contribution >= 0.6 is 11.3 Å². The average molecular weight is 365 g/mol. The van der Waals surface area contributed by atoms with Crippen LogP contribution in [0.4, 0.5) is 0 Å². The van der Waals surface area contributed by atoms with Crippen molar-refractivity contribution < 1.29 is 9.59 Å². The van der Waals surface area contributed by atoms with Crippen LogP contribution in [0, 0.1) is 0 Å². The van der Waals surface area contributed by atoms with Crippen molar-refractivity contribution in [2.75, 3.05) is 0 Å². The molecule has 0 spiro atoms. The Balaban J connectivity index is 1.41. The van der Waals surface area contributed by atoms with Gasteiger partial charge in [-0.25, -0.2) is 4.98 Å². The standard InChI is InChI=1S/C20H19N3O2S/c24-18(15-5-2-1-3-6-15)7-4-8-19(25)22-13-17-14-26-20(23-17)16-9-11-21-12-10-16/h1-3,5-6,9-12,14H,4,7-8,13H2,(H,22,25). The summed E-state index contributed by atoms with van der Waals surface area (Å²) < 4.78 is 0. The smallest absolute Gasteiger partial charge is 0.220 e. The third-order valence-corrected chi connectivity index (χ3v) is 4.79. The Hall–Kier alpha value is -2.86. The van der Waals surface area contributed by atoms with Crippen LogP contribution in [0.2, 0.25) is 0 Å². The normalized spacial score (nSPS) is 10.5. The molecule has 1 amide bonds. The van der Waals surface area contributed by atoms with Crippen LogP contribution in [0.3, 0.4) is 0 Å². The van der Waals surface area contributed by atoms with E-state index in [0.717, 1.165) is 16.3 Å². The maximum atomic E-state index is 12.0. The quantitative estimate of drug-likeness (QED) is 0.615. The molecule has 1 N–H and O–H groups in total. The average Bonchev–Trinajstić information content (AvgIpc) is 3.17. The highest BCUT2D eigenvalue weighted by Gasteiger charge is 2.09. The number of benzene rings is 1. The van der Waals surface area contributed by atoms with Crippen molar-refractivity contribution in [1.82, 2.24) is 15.3 Å². The molecule has 2 heterocycles. The largest absolute Gasteiger partial charge is 0.350 e. The second-order valence-electron chi connectivity index (χ2n) is 5.80. The molecule has 0 aliphatic carbocycles. The van der Waals surface area contributed by atoms with Crippen LogP contribution in [0.15, 0.2) is 60.2 Å². The topological polar surface area (TPSA) is 72.0 Å². The molecule has 0 atom stereocenters. The predicted molar refractivity (Wildman–Crippen MR) is 102 cm³/mol. The Bertz CT molecular complexity index is 863. The van der Waals surface area contributed by atoms with Crippen LogP contribution < -0.4 is 5.32 Å². The van der Waals surface area contributed by atoms with E-state index in [1.54, 1.807) is 24.5 Å². The van der Waals surface area contributed by atoms with Crippen molar-refractivity contribution >= 4 is 23.0 Å². The first-order valence-electron chi connectivity index (χ1n) is 8.42. The van der Waals surface area contributed by atoms with Crippen molar-refractivity contribution in [1.29, 1.82) is 0 Å². The summed E-state index contributed by atoms with van der Waals surface area (Å²) in [5.41, 5.74) is 2.54. The zero-order valence-electron chi connectivity index (χ0n) is 14.2. The Morgan fingerprint density at radius 2 is 1.77 bits per heavy atom. The molecule has 0 aliphatic heterocycles. The van der Waals surface area contributed by atoms with Crippen molar-refractivity contribution in [3.8, 4) is 10.6 Å². The summed E-state index contributed by atoms with van der Waals surface area (Å²) in [6, 6.07) is 13.0. The van der Waals surface area contributed by atoms with Gasteiger partial charge in [-0.15, -0.1) is 11.3 Å². The van der Waals surface area contributed by atoms with Gasteiger partial charge < -0.3 is 5.32 Å². The van der Waals surface area contributed by atoms with E-state index in [9.17, 15) is 9.59 Å². The van der Waals surface area contributed by atoms with Gasteiger partial charge in [0.2, 0.25) is 5.91 Å². The number of Topliss-reactive ketones (excluding diaryl/α,β-unsaturated/α-hetero) is 1. The molecule has 2 aromatic heterocycles. The number of hydrogen-bond acceptors (Lipinski definition) is 5. The van der Waals surface area contributed by atoms with Gasteiger partial charge in [0, 0.05) is 41.7 Å². The summed E-state index contributed by atoms with van der Waals surface area (Å²) in [6.45, 7) is 0.396. The fourth-order valence-electron chi connectivity index (χ4n) is 2.47. The predicted octanol–water partition coefficient (Wildman–Crippen LogP) is 3.87. The molecule has 0 saturated heterocycles. The van der Waals surface area contributed by atoms with E-state index in [0.29, 0.717) is 31.4 Å². The number of nitrogens with one attached hydrogen (secondary N) is 1. The molecule has 0 saturated carbocycles. The second-order valence-corrected chi connectivity index (χ2v) is 6.66. The van der Waals surface area contributed by atoms with Gasteiger partial charge in [-0.2, -0.15) is 0 Å². The first-order chi connectivity index (χ1) is 12.7. The fraction of sp³-hybridized carbons (Fsp3) is 0.200. The lowest BCUT2D eigenvalue weighted by Crippen LogP contribution is -2.22. The molecule has 26 heavy (non-hydrogen) atoms. The summed E-state index contributed by atoms with van der Waals surface area (Å²) in [4.78, 5) is 32.5. The van der Waals surface area contributed by atoms with E-state index >= 15 is 0 Å². The van der Waals surface area contributed by atoms with Gasteiger partial charge in [0.05, 0.1) is 12.2 Å². The number of amides is 1. The highest BCUT2D eigenvalue weighted by atomic mass is 32.1. The van der Waals surface area contributed by atoms with E-state index in [-0.39, 0.29) is 11.7 Å². The highest BCUT2D eigenvalue weighted by molar-refractivity contribution is 7.13. The van der Waals surface area contributed by atoms with E-state index in [2.05, 4.69) is 15.3 Å². The molecular weight excluding hydrogens is 346 g/mol. The third-order valence-electron chi connectivity index (χ3n) is 3.85. The number of rotatable bonds is 8. The number of carbonyl (C=O) groups is 2. The zero-order chi connectivity index (χ0) is 18.2. The number of pyridine rings is 1. The molecule has 0 fully saturated rings. The third kappa shape index (κ3) is 5.07. The monoisotopic (exact) mass is 365 g/mol. The maximum Gasteiger partial charge on any atom is 0.220 e. The molecule has 0 aliphatic rings. The summed E-state index contributed by atoms with van der Waals surface area (Å²) in [5, 5.41) is 5.71. The summed E-state index contributed by atoms with van der Waals surface area (Å²) in [6.07, 6.45) is 4.71. The van der Waals surface area contributed by atoms with Crippen LogP contribution in [0.5, 0.6) is 0 Å². The number of ketones is 1. The van der Waals surface area contributed by atoms with Gasteiger partial charge in [0.15, 0.2) is 5.78 Å². The van der Waals surface area contributed by atoms with Gasteiger partial charge in [0.1, 0.15) is 5.01 Å². The van der Waals surface area contributed by atoms with Gasteiger partial charge in [0.25, 0.3) is 0 Å². The molecule has 3 aromatic rings. The molecule has 5 nitrogen and oxygen atoms in total. The molecule has 1 aromatic carbocycles. The molecule has 0 radical (unpaired) electrons. The first-order valence-corrected chi connectivity index (χ1v) is 9.30. The van der Waals surface area contributed by atoms with E-state index in [4.69, 9.17) is 0 Å². The lowest BCUT2D eigenvalue weighted by molar-refractivity contribution is -0.121. The van der Waals surface area contributed by atoms with Crippen molar-refractivity contribution in [3.63, 3.8) is 0 Å². The minimum Gasteiger partial charge on any atom is -0.350 e. The lowest BCUT2D eigenvalue weighted by atomic mass is 10.1. The summed E-state index contributed by atoms with van der Waals surface area (Å²) in [7, 11) is 0. The molecule has 6 heteroatoms. The van der Waals surface area contributed by atoms with Crippen molar-refractivity contribution in [2.45, 2.75) is 25.8 Å². The van der Waals surface area contributed by atoms with Crippen LogP contribution in [-0.2, 0) is 11.3 Å². The lowest BCUT2D eigenvalue weighted by Gasteiger charge is -2.03. The summed E-state index contributed by atoms with van der Waals surface area (Å²) in [5.74, 6) is 0.00390. The Kier molecular flexibility index (Phi) is 6.22. The molecule has 132 valence electrons. The number of aromatic nitrogens is 2.